The third-order valence-electron chi connectivity index (χ3n) is 2.44. The molecule has 0 unspecified atom stereocenters. The van der Waals surface area contributed by atoms with E-state index in [9.17, 15) is 0 Å². The Balaban J connectivity index is 2.55. The molecule has 0 atom stereocenters. The van der Waals surface area contributed by atoms with E-state index >= 15 is 0 Å². The van der Waals surface area contributed by atoms with Crippen LogP contribution in [0.2, 0.25) is 0 Å². The van der Waals surface area contributed by atoms with E-state index in [-0.39, 0.29) is 0 Å². The highest BCUT2D eigenvalue weighted by Crippen LogP contribution is 2.25. The third kappa shape index (κ3) is 4.56. The van der Waals surface area contributed by atoms with Crippen LogP contribution in [0.5, 0.6) is 5.75 Å². The van der Waals surface area contributed by atoms with Crippen molar-refractivity contribution >= 4 is 21.9 Å². The summed E-state index contributed by atoms with van der Waals surface area (Å²) in [5.74, 6) is 1.66. The SMILES string of the molecule is CCCNC(=NC)NCc1ccc(OC)c(Br)c1. The molecule has 0 aliphatic rings. The normalized spacial score (nSPS) is 11.2. The standard InChI is InChI=1S/C13H20BrN3O/c1-4-7-16-13(15-2)17-9-10-5-6-12(18-3)11(14)8-10/h5-6,8H,4,7,9H2,1-3H3,(H2,15,16,17). The summed E-state index contributed by atoms with van der Waals surface area (Å²) < 4.78 is 6.16. The average Bonchev–Trinajstić information content (AvgIpc) is 2.39. The van der Waals surface area contributed by atoms with Gasteiger partial charge in [0.1, 0.15) is 5.75 Å². The first kappa shape index (κ1) is 14.8. The van der Waals surface area contributed by atoms with Crippen molar-refractivity contribution in [3.05, 3.63) is 28.2 Å². The smallest absolute Gasteiger partial charge is 0.191 e. The molecular formula is C13H20BrN3O. The van der Waals surface area contributed by atoms with Gasteiger partial charge in [-0.1, -0.05) is 13.0 Å². The van der Waals surface area contributed by atoms with Crippen LogP contribution in [0, 0.1) is 0 Å². The number of nitrogens with one attached hydrogen (secondary N) is 2. The lowest BCUT2D eigenvalue weighted by atomic mass is 10.2. The molecule has 18 heavy (non-hydrogen) atoms. The zero-order chi connectivity index (χ0) is 13.4. The van der Waals surface area contributed by atoms with Crippen LogP contribution in [0.4, 0.5) is 0 Å². The van der Waals surface area contributed by atoms with Crippen molar-refractivity contribution in [3.63, 3.8) is 0 Å². The van der Waals surface area contributed by atoms with Gasteiger partial charge in [-0.3, -0.25) is 4.99 Å². The largest absolute Gasteiger partial charge is 0.496 e. The van der Waals surface area contributed by atoms with Gasteiger partial charge in [-0.15, -0.1) is 0 Å². The predicted octanol–water partition coefficient (Wildman–Crippen LogP) is 2.53. The molecule has 1 aromatic carbocycles. The maximum atomic E-state index is 5.20. The highest BCUT2D eigenvalue weighted by atomic mass is 79.9. The second kappa shape index (κ2) is 7.97. The van der Waals surface area contributed by atoms with Crippen molar-refractivity contribution in [2.24, 2.45) is 4.99 Å². The molecule has 0 radical (unpaired) electrons. The summed E-state index contributed by atoms with van der Waals surface area (Å²) >= 11 is 3.47. The second-order valence-electron chi connectivity index (χ2n) is 3.82. The minimum atomic E-state index is 0.728. The van der Waals surface area contributed by atoms with E-state index in [4.69, 9.17) is 4.74 Å². The van der Waals surface area contributed by atoms with Crippen LogP contribution in [0.1, 0.15) is 18.9 Å². The molecule has 100 valence electrons. The quantitative estimate of drug-likeness (QED) is 0.648. The van der Waals surface area contributed by atoms with Crippen LogP contribution in [-0.4, -0.2) is 26.7 Å². The van der Waals surface area contributed by atoms with Crippen LogP contribution in [0.3, 0.4) is 0 Å². The van der Waals surface area contributed by atoms with Gasteiger partial charge in [0.15, 0.2) is 5.96 Å². The first-order valence-electron chi connectivity index (χ1n) is 5.98. The molecule has 1 rings (SSSR count). The fraction of sp³-hybridized carbons (Fsp3) is 0.462. The van der Waals surface area contributed by atoms with Crippen LogP contribution in [-0.2, 0) is 6.54 Å². The van der Waals surface area contributed by atoms with Crippen molar-refractivity contribution in [1.29, 1.82) is 0 Å². The van der Waals surface area contributed by atoms with Crippen molar-refractivity contribution in [3.8, 4) is 5.75 Å². The fourth-order valence-electron chi connectivity index (χ4n) is 1.47. The van der Waals surface area contributed by atoms with Crippen LogP contribution in [0.15, 0.2) is 27.7 Å². The van der Waals surface area contributed by atoms with Crippen molar-refractivity contribution in [2.75, 3.05) is 20.7 Å². The predicted molar refractivity (Wildman–Crippen MR) is 79.2 cm³/mol. The third-order valence-corrected chi connectivity index (χ3v) is 3.06. The summed E-state index contributed by atoms with van der Waals surface area (Å²) in [6, 6.07) is 6.02. The lowest BCUT2D eigenvalue weighted by Crippen LogP contribution is -2.37. The Morgan fingerprint density at radius 1 is 1.39 bits per heavy atom. The topological polar surface area (TPSA) is 45.7 Å². The number of guanidine groups is 1. The Labute approximate surface area is 117 Å². The highest BCUT2D eigenvalue weighted by Gasteiger charge is 2.02. The Morgan fingerprint density at radius 3 is 2.72 bits per heavy atom. The van der Waals surface area contributed by atoms with E-state index in [2.05, 4.69) is 38.5 Å². The number of hydrogen-bond acceptors (Lipinski definition) is 2. The summed E-state index contributed by atoms with van der Waals surface area (Å²) in [4.78, 5) is 4.15. The molecule has 0 aromatic heterocycles. The van der Waals surface area contributed by atoms with E-state index in [1.54, 1.807) is 14.2 Å². The van der Waals surface area contributed by atoms with Gasteiger partial charge in [0.25, 0.3) is 0 Å². The van der Waals surface area contributed by atoms with E-state index in [1.807, 2.05) is 18.2 Å². The zero-order valence-electron chi connectivity index (χ0n) is 11.1. The van der Waals surface area contributed by atoms with Crippen LogP contribution in [0.25, 0.3) is 0 Å². The molecule has 0 aliphatic heterocycles. The first-order valence-corrected chi connectivity index (χ1v) is 6.77. The molecule has 0 bridgehead atoms. The fourth-order valence-corrected chi connectivity index (χ4v) is 2.06. The molecule has 0 fully saturated rings. The first-order chi connectivity index (χ1) is 8.71. The number of benzene rings is 1. The highest BCUT2D eigenvalue weighted by molar-refractivity contribution is 9.10. The van der Waals surface area contributed by atoms with Crippen molar-refractivity contribution < 1.29 is 4.74 Å². The van der Waals surface area contributed by atoms with E-state index in [0.29, 0.717) is 0 Å². The molecule has 5 heteroatoms. The number of aliphatic imine (C=N–C) groups is 1. The minimum Gasteiger partial charge on any atom is -0.496 e. The Morgan fingerprint density at radius 2 is 2.17 bits per heavy atom. The second-order valence-corrected chi connectivity index (χ2v) is 4.68. The van der Waals surface area contributed by atoms with Crippen LogP contribution >= 0.6 is 15.9 Å². The Kier molecular flexibility index (Phi) is 6.57. The van der Waals surface area contributed by atoms with Crippen molar-refractivity contribution in [1.82, 2.24) is 10.6 Å². The molecule has 0 saturated heterocycles. The van der Waals surface area contributed by atoms with E-state index in [1.165, 1.54) is 5.56 Å². The summed E-state index contributed by atoms with van der Waals surface area (Å²) in [7, 11) is 3.43. The van der Waals surface area contributed by atoms with Gasteiger partial charge >= 0.3 is 0 Å². The summed E-state index contributed by atoms with van der Waals surface area (Å²) in [6.07, 6.45) is 1.08. The number of rotatable bonds is 5. The minimum absolute atomic E-state index is 0.728. The summed E-state index contributed by atoms with van der Waals surface area (Å²) in [6.45, 7) is 3.78. The lowest BCUT2D eigenvalue weighted by Gasteiger charge is -2.12. The monoisotopic (exact) mass is 313 g/mol. The molecule has 0 saturated carbocycles. The van der Waals surface area contributed by atoms with Crippen LogP contribution < -0.4 is 15.4 Å². The van der Waals surface area contributed by atoms with E-state index in [0.717, 1.165) is 35.7 Å². The maximum absolute atomic E-state index is 5.20. The van der Waals surface area contributed by atoms with E-state index < -0.39 is 0 Å². The van der Waals surface area contributed by atoms with Gasteiger partial charge in [-0.2, -0.15) is 0 Å². The maximum Gasteiger partial charge on any atom is 0.191 e. The molecular weight excluding hydrogens is 294 g/mol. The number of nitrogens with zero attached hydrogens (tertiary/aromatic N) is 1. The van der Waals surface area contributed by atoms with Gasteiger partial charge in [0.05, 0.1) is 11.6 Å². The Hall–Kier alpha value is -1.23. The molecule has 2 N–H and O–H groups in total. The molecule has 0 spiro atoms. The summed E-state index contributed by atoms with van der Waals surface area (Å²) in [5, 5.41) is 6.49. The lowest BCUT2D eigenvalue weighted by molar-refractivity contribution is 0.412. The molecule has 1 aromatic rings. The van der Waals surface area contributed by atoms with Crippen molar-refractivity contribution in [2.45, 2.75) is 19.9 Å². The number of methoxy groups -OCH3 is 1. The summed E-state index contributed by atoms with van der Waals surface area (Å²) in [5.41, 5.74) is 1.17. The Bertz CT molecular complexity index is 407. The number of hydrogen-bond donors (Lipinski definition) is 2. The number of ether oxygens (including phenoxy) is 1. The van der Waals surface area contributed by atoms with Gasteiger partial charge in [0, 0.05) is 20.1 Å². The molecule has 0 aliphatic carbocycles. The van der Waals surface area contributed by atoms with Gasteiger partial charge in [-0.05, 0) is 40.0 Å². The van der Waals surface area contributed by atoms with Gasteiger partial charge in [-0.25, -0.2) is 0 Å². The van der Waals surface area contributed by atoms with Gasteiger partial charge in [0.2, 0.25) is 0 Å². The average molecular weight is 314 g/mol. The zero-order valence-corrected chi connectivity index (χ0v) is 12.7. The number of halogens is 1. The van der Waals surface area contributed by atoms with Gasteiger partial charge < -0.3 is 15.4 Å². The molecule has 0 amide bonds. The molecule has 0 heterocycles. The molecule has 4 nitrogen and oxygen atoms in total.